The standard InChI is InChI=1S/C24H46O5/c1-2-3-4-5-6-7-8-9-10-11-12-13-14-15-16-17-18-22(21-23(26)27)24(28)29-20-19-25/h22,25H,2-21H2,1H3,(H,26,27). The lowest BCUT2D eigenvalue weighted by atomic mass is 9.97. The Balaban J connectivity index is 3.47. The van der Waals surface area contributed by atoms with Gasteiger partial charge in [-0.2, -0.15) is 0 Å². The molecule has 0 aliphatic carbocycles. The summed E-state index contributed by atoms with van der Waals surface area (Å²) in [6, 6.07) is 0. The molecule has 172 valence electrons. The molecule has 0 fully saturated rings. The Labute approximate surface area is 178 Å². The summed E-state index contributed by atoms with van der Waals surface area (Å²) in [5.41, 5.74) is 0. The number of carbonyl (C=O) groups is 2. The third-order valence-corrected chi connectivity index (χ3v) is 5.50. The van der Waals surface area contributed by atoms with Crippen LogP contribution in [0.4, 0.5) is 0 Å². The van der Waals surface area contributed by atoms with Crippen LogP contribution in [0, 0.1) is 5.92 Å². The highest BCUT2D eigenvalue weighted by atomic mass is 16.5. The summed E-state index contributed by atoms with van der Waals surface area (Å²) in [6.07, 6.45) is 21.0. The second-order valence-corrected chi connectivity index (χ2v) is 8.28. The van der Waals surface area contributed by atoms with E-state index in [9.17, 15) is 9.59 Å². The van der Waals surface area contributed by atoms with Crippen molar-refractivity contribution in [2.45, 2.75) is 122 Å². The van der Waals surface area contributed by atoms with Crippen molar-refractivity contribution in [2.24, 2.45) is 5.92 Å². The van der Waals surface area contributed by atoms with Gasteiger partial charge in [-0.3, -0.25) is 9.59 Å². The molecule has 0 aromatic heterocycles. The number of esters is 1. The van der Waals surface area contributed by atoms with Crippen LogP contribution in [-0.4, -0.2) is 35.4 Å². The van der Waals surface area contributed by atoms with Crippen LogP contribution in [0.3, 0.4) is 0 Å². The van der Waals surface area contributed by atoms with Gasteiger partial charge in [0.05, 0.1) is 18.9 Å². The van der Waals surface area contributed by atoms with Crippen molar-refractivity contribution in [1.82, 2.24) is 0 Å². The first-order valence-electron chi connectivity index (χ1n) is 12.1. The minimum atomic E-state index is -0.979. The van der Waals surface area contributed by atoms with Crippen molar-refractivity contribution in [2.75, 3.05) is 13.2 Å². The lowest BCUT2D eigenvalue weighted by Gasteiger charge is -2.13. The lowest BCUT2D eigenvalue weighted by molar-refractivity contribution is -0.154. The molecule has 0 aromatic rings. The van der Waals surface area contributed by atoms with Crippen molar-refractivity contribution in [3.05, 3.63) is 0 Å². The molecule has 0 radical (unpaired) electrons. The van der Waals surface area contributed by atoms with E-state index in [2.05, 4.69) is 6.92 Å². The Hall–Kier alpha value is -1.10. The van der Waals surface area contributed by atoms with E-state index >= 15 is 0 Å². The number of hydrogen-bond acceptors (Lipinski definition) is 4. The number of carbonyl (C=O) groups excluding carboxylic acids is 1. The second-order valence-electron chi connectivity index (χ2n) is 8.28. The highest BCUT2D eigenvalue weighted by molar-refractivity contribution is 5.79. The van der Waals surface area contributed by atoms with E-state index in [0.717, 1.165) is 19.3 Å². The molecule has 29 heavy (non-hydrogen) atoms. The zero-order valence-electron chi connectivity index (χ0n) is 18.8. The first kappa shape index (κ1) is 27.9. The summed E-state index contributed by atoms with van der Waals surface area (Å²) in [7, 11) is 0. The number of aliphatic hydroxyl groups is 1. The van der Waals surface area contributed by atoms with E-state index in [1.54, 1.807) is 0 Å². The van der Waals surface area contributed by atoms with Crippen molar-refractivity contribution < 1.29 is 24.5 Å². The number of carboxylic acid groups (broad SMARTS) is 1. The minimum Gasteiger partial charge on any atom is -0.481 e. The monoisotopic (exact) mass is 414 g/mol. The number of aliphatic carboxylic acids is 1. The zero-order valence-corrected chi connectivity index (χ0v) is 18.8. The van der Waals surface area contributed by atoms with Crippen LogP contribution in [0.15, 0.2) is 0 Å². The Morgan fingerprint density at radius 3 is 1.52 bits per heavy atom. The number of hydrogen-bond donors (Lipinski definition) is 2. The number of carboxylic acids is 1. The van der Waals surface area contributed by atoms with Gasteiger partial charge < -0.3 is 14.9 Å². The number of aliphatic hydroxyl groups excluding tert-OH is 1. The molecule has 0 saturated heterocycles. The summed E-state index contributed by atoms with van der Waals surface area (Å²) in [5.74, 6) is -2.07. The van der Waals surface area contributed by atoms with E-state index in [1.807, 2.05) is 0 Å². The number of unbranched alkanes of at least 4 members (excludes halogenated alkanes) is 15. The fraction of sp³-hybridized carbons (Fsp3) is 0.917. The average molecular weight is 415 g/mol. The van der Waals surface area contributed by atoms with Gasteiger partial charge in [0.2, 0.25) is 0 Å². The van der Waals surface area contributed by atoms with Crippen LogP contribution in [0.25, 0.3) is 0 Å². The molecule has 0 aliphatic rings. The molecule has 0 heterocycles. The predicted molar refractivity (Wildman–Crippen MR) is 118 cm³/mol. The maximum Gasteiger partial charge on any atom is 0.309 e. The Kier molecular flexibility index (Phi) is 20.8. The second kappa shape index (κ2) is 21.6. The normalized spacial score (nSPS) is 12.1. The highest BCUT2D eigenvalue weighted by Gasteiger charge is 2.22. The summed E-state index contributed by atoms with van der Waals surface area (Å²) in [5, 5.41) is 17.6. The molecule has 1 unspecified atom stereocenters. The molecule has 0 rings (SSSR count). The third kappa shape index (κ3) is 20.0. The first-order chi connectivity index (χ1) is 14.1. The Bertz CT molecular complexity index is 383. The molecular weight excluding hydrogens is 368 g/mol. The maximum absolute atomic E-state index is 11.8. The van der Waals surface area contributed by atoms with Gasteiger partial charge in [0, 0.05) is 0 Å². The number of rotatable bonds is 22. The largest absolute Gasteiger partial charge is 0.481 e. The third-order valence-electron chi connectivity index (χ3n) is 5.50. The van der Waals surface area contributed by atoms with Gasteiger partial charge in [0.25, 0.3) is 0 Å². The average Bonchev–Trinajstić information content (AvgIpc) is 2.70. The molecule has 0 amide bonds. The first-order valence-corrected chi connectivity index (χ1v) is 12.1. The van der Waals surface area contributed by atoms with Crippen molar-refractivity contribution >= 4 is 11.9 Å². The zero-order chi connectivity index (χ0) is 21.6. The quantitative estimate of drug-likeness (QED) is 0.161. The predicted octanol–water partition coefficient (Wildman–Crippen LogP) is 6.26. The van der Waals surface area contributed by atoms with Gasteiger partial charge in [-0.05, 0) is 6.42 Å². The van der Waals surface area contributed by atoms with E-state index in [0.29, 0.717) is 6.42 Å². The summed E-state index contributed by atoms with van der Waals surface area (Å²) >= 11 is 0. The molecule has 0 bridgehead atoms. The molecule has 0 aliphatic heterocycles. The fourth-order valence-corrected chi connectivity index (χ4v) is 3.72. The number of ether oxygens (including phenoxy) is 1. The van der Waals surface area contributed by atoms with Crippen LogP contribution in [0.2, 0.25) is 0 Å². The molecule has 2 N–H and O–H groups in total. The smallest absolute Gasteiger partial charge is 0.309 e. The summed E-state index contributed by atoms with van der Waals surface area (Å²) < 4.78 is 4.88. The maximum atomic E-state index is 11.8. The molecular formula is C24H46O5. The van der Waals surface area contributed by atoms with Crippen LogP contribution in [-0.2, 0) is 14.3 Å². The topological polar surface area (TPSA) is 83.8 Å². The van der Waals surface area contributed by atoms with Gasteiger partial charge in [0.15, 0.2) is 0 Å². The van der Waals surface area contributed by atoms with Crippen molar-refractivity contribution in [1.29, 1.82) is 0 Å². The van der Waals surface area contributed by atoms with E-state index in [4.69, 9.17) is 14.9 Å². The van der Waals surface area contributed by atoms with Crippen LogP contribution < -0.4 is 0 Å². The van der Waals surface area contributed by atoms with Gasteiger partial charge in [-0.25, -0.2) is 0 Å². The highest BCUT2D eigenvalue weighted by Crippen LogP contribution is 2.18. The molecule has 5 nitrogen and oxygen atoms in total. The van der Waals surface area contributed by atoms with Gasteiger partial charge >= 0.3 is 11.9 Å². The van der Waals surface area contributed by atoms with Gasteiger partial charge in [0.1, 0.15) is 6.61 Å². The van der Waals surface area contributed by atoms with Gasteiger partial charge in [-0.1, -0.05) is 110 Å². The summed E-state index contributed by atoms with van der Waals surface area (Å²) in [4.78, 5) is 22.7. The Morgan fingerprint density at radius 2 is 1.14 bits per heavy atom. The van der Waals surface area contributed by atoms with Gasteiger partial charge in [-0.15, -0.1) is 0 Å². The molecule has 0 saturated carbocycles. The van der Waals surface area contributed by atoms with E-state index in [1.165, 1.54) is 83.5 Å². The van der Waals surface area contributed by atoms with E-state index in [-0.39, 0.29) is 19.6 Å². The molecule has 0 aromatic carbocycles. The minimum absolute atomic E-state index is 0.0616. The van der Waals surface area contributed by atoms with Crippen LogP contribution in [0.5, 0.6) is 0 Å². The van der Waals surface area contributed by atoms with Crippen molar-refractivity contribution in [3.63, 3.8) is 0 Å². The SMILES string of the molecule is CCCCCCCCCCCCCCCCCCC(CC(=O)O)C(=O)OCCO. The van der Waals surface area contributed by atoms with Crippen LogP contribution in [0.1, 0.15) is 122 Å². The Morgan fingerprint density at radius 1 is 0.724 bits per heavy atom. The fourth-order valence-electron chi connectivity index (χ4n) is 3.72. The summed E-state index contributed by atoms with van der Waals surface area (Å²) in [6.45, 7) is 1.97. The molecule has 0 spiro atoms. The van der Waals surface area contributed by atoms with Crippen LogP contribution >= 0.6 is 0 Å². The molecule has 1 atom stereocenters. The lowest BCUT2D eigenvalue weighted by Crippen LogP contribution is -2.22. The molecule has 5 heteroatoms. The van der Waals surface area contributed by atoms with Crippen molar-refractivity contribution in [3.8, 4) is 0 Å². The van der Waals surface area contributed by atoms with E-state index < -0.39 is 17.9 Å².